The van der Waals surface area contributed by atoms with E-state index in [2.05, 4.69) is 29.1 Å². The van der Waals surface area contributed by atoms with Gasteiger partial charge in [0, 0.05) is 24.2 Å². The standard InChI is InChI=1S/C6H10N2S/c1-2-8-5-7-3-6(8)4-9/h3,5,9H,2,4H2,1H3. The molecule has 0 spiro atoms. The minimum atomic E-state index is 0.772. The highest BCUT2D eigenvalue weighted by Crippen LogP contribution is 2.01. The monoisotopic (exact) mass is 142 g/mol. The number of rotatable bonds is 2. The normalized spacial score (nSPS) is 10.0. The predicted octanol–water partition coefficient (Wildman–Crippen LogP) is 1.33. The average molecular weight is 142 g/mol. The maximum atomic E-state index is 4.14. The molecular weight excluding hydrogens is 132 g/mol. The van der Waals surface area contributed by atoms with Crippen LogP contribution in [0.4, 0.5) is 0 Å². The Morgan fingerprint density at radius 1 is 1.78 bits per heavy atom. The number of thiol groups is 1. The van der Waals surface area contributed by atoms with Gasteiger partial charge in [0.2, 0.25) is 0 Å². The van der Waals surface area contributed by atoms with Crippen LogP contribution < -0.4 is 0 Å². The Balaban J connectivity index is 2.85. The second-order valence-corrected chi connectivity index (χ2v) is 2.15. The maximum Gasteiger partial charge on any atom is 0.0948 e. The zero-order chi connectivity index (χ0) is 6.69. The fourth-order valence-electron chi connectivity index (χ4n) is 0.765. The van der Waals surface area contributed by atoms with Crippen molar-refractivity contribution >= 4 is 12.6 Å². The molecule has 1 aromatic heterocycles. The fraction of sp³-hybridized carbons (Fsp3) is 0.500. The molecular formula is C6H10N2S. The maximum absolute atomic E-state index is 4.14. The van der Waals surface area contributed by atoms with Gasteiger partial charge in [0.25, 0.3) is 0 Å². The van der Waals surface area contributed by atoms with E-state index in [9.17, 15) is 0 Å². The second-order valence-electron chi connectivity index (χ2n) is 1.83. The first-order valence-corrected chi connectivity index (χ1v) is 3.61. The molecule has 0 atom stereocenters. The minimum Gasteiger partial charge on any atom is -0.334 e. The van der Waals surface area contributed by atoms with Crippen LogP contribution in [0.3, 0.4) is 0 Å². The molecule has 0 bridgehead atoms. The Morgan fingerprint density at radius 2 is 2.56 bits per heavy atom. The summed E-state index contributed by atoms with van der Waals surface area (Å²) in [6.45, 7) is 3.07. The van der Waals surface area contributed by atoms with E-state index in [4.69, 9.17) is 0 Å². The van der Waals surface area contributed by atoms with E-state index in [1.807, 2.05) is 12.5 Å². The Bertz CT molecular complexity index is 164. The van der Waals surface area contributed by atoms with Crippen LogP contribution in [0.2, 0.25) is 0 Å². The van der Waals surface area contributed by atoms with Crippen molar-refractivity contribution in [2.75, 3.05) is 0 Å². The van der Waals surface area contributed by atoms with Gasteiger partial charge in [-0.1, -0.05) is 0 Å². The highest BCUT2D eigenvalue weighted by Gasteiger charge is 1.94. The van der Waals surface area contributed by atoms with Gasteiger partial charge in [-0.05, 0) is 6.92 Å². The minimum absolute atomic E-state index is 0.772. The van der Waals surface area contributed by atoms with E-state index in [1.165, 1.54) is 5.69 Å². The van der Waals surface area contributed by atoms with E-state index in [0.717, 1.165) is 12.3 Å². The molecule has 2 nitrogen and oxygen atoms in total. The molecule has 0 fully saturated rings. The first-order valence-electron chi connectivity index (χ1n) is 2.98. The quantitative estimate of drug-likeness (QED) is 0.617. The van der Waals surface area contributed by atoms with Gasteiger partial charge in [-0.25, -0.2) is 4.98 Å². The zero-order valence-corrected chi connectivity index (χ0v) is 6.30. The summed E-state index contributed by atoms with van der Waals surface area (Å²) in [7, 11) is 0. The summed E-state index contributed by atoms with van der Waals surface area (Å²) in [4.78, 5) is 3.98. The molecule has 0 aliphatic rings. The molecule has 1 heterocycles. The van der Waals surface area contributed by atoms with Crippen LogP contribution in [-0.2, 0) is 12.3 Å². The topological polar surface area (TPSA) is 17.8 Å². The van der Waals surface area contributed by atoms with Gasteiger partial charge < -0.3 is 4.57 Å². The van der Waals surface area contributed by atoms with Gasteiger partial charge in [-0.3, -0.25) is 0 Å². The van der Waals surface area contributed by atoms with Gasteiger partial charge in [-0.15, -0.1) is 0 Å². The van der Waals surface area contributed by atoms with Crippen LogP contribution in [0.25, 0.3) is 0 Å². The first kappa shape index (κ1) is 6.68. The molecule has 0 unspecified atom stereocenters. The van der Waals surface area contributed by atoms with Crippen molar-refractivity contribution in [3.05, 3.63) is 18.2 Å². The number of aromatic nitrogens is 2. The lowest BCUT2D eigenvalue weighted by molar-refractivity contribution is 0.734. The second kappa shape index (κ2) is 2.92. The summed E-state index contributed by atoms with van der Waals surface area (Å²) in [5.74, 6) is 0.772. The summed E-state index contributed by atoms with van der Waals surface area (Å²) in [6.07, 6.45) is 3.67. The van der Waals surface area contributed by atoms with Gasteiger partial charge in [-0.2, -0.15) is 12.6 Å². The van der Waals surface area contributed by atoms with Crippen molar-refractivity contribution in [3.8, 4) is 0 Å². The van der Waals surface area contributed by atoms with E-state index < -0.39 is 0 Å². The lowest BCUT2D eigenvalue weighted by atomic mass is 10.5. The first-order chi connectivity index (χ1) is 4.38. The number of imidazole rings is 1. The van der Waals surface area contributed by atoms with Crippen molar-refractivity contribution < 1.29 is 0 Å². The molecule has 0 aliphatic carbocycles. The lowest BCUT2D eigenvalue weighted by Crippen LogP contribution is -1.95. The molecule has 0 radical (unpaired) electrons. The molecule has 0 N–H and O–H groups in total. The Labute approximate surface area is 60.3 Å². The van der Waals surface area contributed by atoms with Crippen LogP contribution in [0, 0.1) is 0 Å². The molecule has 1 aromatic rings. The van der Waals surface area contributed by atoms with Gasteiger partial charge in [0.05, 0.1) is 6.33 Å². The van der Waals surface area contributed by atoms with Crippen LogP contribution in [0.15, 0.2) is 12.5 Å². The van der Waals surface area contributed by atoms with E-state index in [-0.39, 0.29) is 0 Å². The molecule has 50 valence electrons. The fourth-order valence-corrected chi connectivity index (χ4v) is 1.03. The third kappa shape index (κ3) is 1.27. The summed E-state index contributed by atoms with van der Waals surface area (Å²) in [5.41, 5.74) is 1.18. The number of hydrogen-bond donors (Lipinski definition) is 1. The Kier molecular flexibility index (Phi) is 2.16. The van der Waals surface area contributed by atoms with Crippen molar-refractivity contribution in [1.29, 1.82) is 0 Å². The molecule has 3 heteroatoms. The van der Waals surface area contributed by atoms with E-state index in [1.54, 1.807) is 0 Å². The van der Waals surface area contributed by atoms with Crippen molar-refractivity contribution in [3.63, 3.8) is 0 Å². The third-order valence-electron chi connectivity index (χ3n) is 1.30. The molecule has 0 aliphatic heterocycles. The van der Waals surface area contributed by atoms with Gasteiger partial charge >= 0.3 is 0 Å². The highest BCUT2D eigenvalue weighted by molar-refractivity contribution is 7.79. The molecule has 1 rings (SSSR count). The Hall–Kier alpha value is -0.440. The molecule has 9 heavy (non-hydrogen) atoms. The summed E-state index contributed by atoms with van der Waals surface area (Å²) in [5, 5.41) is 0. The largest absolute Gasteiger partial charge is 0.334 e. The Morgan fingerprint density at radius 3 is 3.00 bits per heavy atom. The molecule has 0 saturated carbocycles. The summed E-state index contributed by atoms with van der Waals surface area (Å²) >= 11 is 4.14. The number of hydrogen-bond acceptors (Lipinski definition) is 2. The van der Waals surface area contributed by atoms with Crippen molar-refractivity contribution in [2.24, 2.45) is 0 Å². The van der Waals surface area contributed by atoms with Gasteiger partial charge in [0.1, 0.15) is 0 Å². The van der Waals surface area contributed by atoms with Crippen LogP contribution in [0.5, 0.6) is 0 Å². The highest BCUT2D eigenvalue weighted by atomic mass is 32.1. The molecule has 0 saturated heterocycles. The van der Waals surface area contributed by atoms with Crippen LogP contribution in [0.1, 0.15) is 12.6 Å². The van der Waals surface area contributed by atoms with E-state index >= 15 is 0 Å². The van der Waals surface area contributed by atoms with E-state index in [0.29, 0.717) is 0 Å². The van der Waals surface area contributed by atoms with Crippen LogP contribution in [-0.4, -0.2) is 9.55 Å². The predicted molar refractivity (Wildman–Crippen MR) is 40.6 cm³/mol. The molecule has 0 amide bonds. The molecule has 0 aromatic carbocycles. The summed E-state index contributed by atoms with van der Waals surface area (Å²) < 4.78 is 2.08. The van der Waals surface area contributed by atoms with Gasteiger partial charge in [0.15, 0.2) is 0 Å². The zero-order valence-electron chi connectivity index (χ0n) is 5.41. The summed E-state index contributed by atoms with van der Waals surface area (Å²) in [6, 6.07) is 0. The number of aryl methyl sites for hydroxylation is 1. The smallest absolute Gasteiger partial charge is 0.0948 e. The average Bonchev–Trinajstić information content (AvgIpc) is 2.33. The van der Waals surface area contributed by atoms with Crippen molar-refractivity contribution in [2.45, 2.75) is 19.2 Å². The van der Waals surface area contributed by atoms with Crippen LogP contribution >= 0.6 is 12.6 Å². The lowest BCUT2D eigenvalue weighted by Gasteiger charge is -1.98. The van der Waals surface area contributed by atoms with Crippen molar-refractivity contribution in [1.82, 2.24) is 9.55 Å². The third-order valence-corrected chi connectivity index (χ3v) is 1.63. The SMILES string of the molecule is CCn1cncc1CS. The number of nitrogens with zero attached hydrogens (tertiary/aromatic N) is 2.